The van der Waals surface area contributed by atoms with Crippen molar-refractivity contribution in [2.45, 2.75) is 12.8 Å². The quantitative estimate of drug-likeness (QED) is 0.680. The highest BCUT2D eigenvalue weighted by molar-refractivity contribution is 9.10. The number of guanidine groups is 1. The van der Waals surface area contributed by atoms with Gasteiger partial charge in [-0.25, -0.2) is 0 Å². The third kappa shape index (κ3) is 2.98. The summed E-state index contributed by atoms with van der Waals surface area (Å²) in [4.78, 5) is 6.49. The molecule has 4 heteroatoms. The summed E-state index contributed by atoms with van der Waals surface area (Å²) in [6, 6.07) is 8.30. The summed E-state index contributed by atoms with van der Waals surface area (Å²) in [7, 11) is 0. The number of hydrogen-bond donors (Lipinski definition) is 1. The average Bonchev–Trinajstić information content (AvgIpc) is 2.15. The van der Waals surface area contributed by atoms with Gasteiger partial charge in [0, 0.05) is 24.1 Å². The van der Waals surface area contributed by atoms with Crippen LogP contribution in [0.4, 0.5) is 0 Å². The van der Waals surface area contributed by atoms with Crippen molar-refractivity contribution in [2.75, 3.05) is 19.6 Å². The van der Waals surface area contributed by atoms with Crippen LogP contribution in [0.5, 0.6) is 0 Å². The molecule has 86 valence electrons. The van der Waals surface area contributed by atoms with E-state index in [0.29, 0.717) is 5.96 Å². The van der Waals surface area contributed by atoms with Crippen molar-refractivity contribution in [3.63, 3.8) is 0 Å². The van der Waals surface area contributed by atoms with Crippen molar-refractivity contribution in [3.05, 3.63) is 34.3 Å². The maximum Gasteiger partial charge on any atom is 0.191 e. The molecule has 0 aromatic heterocycles. The van der Waals surface area contributed by atoms with Gasteiger partial charge in [0.05, 0.1) is 0 Å². The van der Waals surface area contributed by atoms with E-state index in [1.54, 1.807) is 0 Å². The van der Waals surface area contributed by atoms with E-state index in [-0.39, 0.29) is 0 Å². The van der Waals surface area contributed by atoms with Crippen LogP contribution < -0.4 is 5.73 Å². The summed E-state index contributed by atoms with van der Waals surface area (Å²) >= 11 is 3.46. The molecule has 0 bridgehead atoms. The maximum atomic E-state index is 5.84. The van der Waals surface area contributed by atoms with Crippen LogP contribution in [-0.2, 0) is 6.42 Å². The molecule has 1 aliphatic heterocycles. The van der Waals surface area contributed by atoms with Gasteiger partial charge in [0.2, 0.25) is 0 Å². The number of nitrogens with two attached hydrogens (primary N) is 1. The highest BCUT2D eigenvalue weighted by Crippen LogP contribution is 2.12. The smallest absolute Gasteiger partial charge is 0.191 e. The molecule has 0 saturated carbocycles. The summed E-state index contributed by atoms with van der Waals surface area (Å²) in [6.07, 6.45) is 2.18. The van der Waals surface area contributed by atoms with E-state index < -0.39 is 0 Å². The summed E-state index contributed by atoms with van der Waals surface area (Å²) in [6.45, 7) is 2.89. The van der Waals surface area contributed by atoms with Gasteiger partial charge in [-0.2, -0.15) is 0 Å². The van der Waals surface area contributed by atoms with Crippen molar-refractivity contribution in [3.8, 4) is 0 Å². The molecule has 2 N–H and O–H groups in total. The fraction of sp³-hybridized carbons (Fsp3) is 0.417. The van der Waals surface area contributed by atoms with Crippen LogP contribution in [-0.4, -0.2) is 30.5 Å². The first-order valence-electron chi connectivity index (χ1n) is 5.55. The third-order valence-electron chi connectivity index (χ3n) is 2.74. The molecule has 0 spiro atoms. The number of likely N-dealkylation sites (tertiary alicyclic amines) is 1. The lowest BCUT2D eigenvalue weighted by Crippen LogP contribution is -2.46. The molecule has 16 heavy (non-hydrogen) atoms. The van der Waals surface area contributed by atoms with Crippen LogP contribution in [0.25, 0.3) is 0 Å². The zero-order valence-electron chi connectivity index (χ0n) is 9.19. The van der Waals surface area contributed by atoms with Crippen molar-refractivity contribution in [2.24, 2.45) is 10.7 Å². The first-order valence-corrected chi connectivity index (χ1v) is 6.34. The second-order valence-electron chi connectivity index (χ2n) is 3.96. The van der Waals surface area contributed by atoms with Crippen molar-refractivity contribution < 1.29 is 0 Å². The van der Waals surface area contributed by atoms with E-state index >= 15 is 0 Å². The molecular formula is C12H16BrN3. The van der Waals surface area contributed by atoms with Gasteiger partial charge in [-0.1, -0.05) is 28.1 Å². The molecule has 1 saturated heterocycles. The van der Waals surface area contributed by atoms with Crippen LogP contribution in [0.3, 0.4) is 0 Å². The fourth-order valence-corrected chi connectivity index (χ4v) is 2.08. The monoisotopic (exact) mass is 281 g/mol. The minimum atomic E-state index is 0.696. The molecule has 0 unspecified atom stereocenters. The van der Waals surface area contributed by atoms with E-state index in [2.05, 4.69) is 38.0 Å². The summed E-state index contributed by atoms with van der Waals surface area (Å²) in [5, 5.41) is 0. The summed E-state index contributed by atoms with van der Waals surface area (Å²) < 4.78 is 1.12. The van der Waals surface area contributed by atoms with E-state index in [0.717, 1.165) is 30.5 Å². The average molecular weight is 282 g/mol. The Kier molecular flexibility index (Phi) is 3.83. The Hall–Kier alpha value is -1.03. The van der Waals surface area contributed by atoms with Crippen molar-refractivity contribution >= 4 is 21.9 Å². The zero-order valence-corrected chi connectivity index (χ0v) is 10.8. The Balaban J connectivity index is 1.83. The Morgan fingerprint density at radius 2 is 2.25 bits per heavy atom. The molecular weight excluding hydrogens is 266 g/mol. The third-order valence-corrected chi connectivity index (χ3v) is 3.24. The van der Waals surface area contributed by atoms with E-state index in [9.17, 15) is 0 Å². The first kappa shape index (κ1) is 11.5. The molecule has 0 amide bonds. The Morgan fingerprint density at radius 3 is 2.88 bits per heavy atom. The highest BCUT2D eigenvalue weighted by Gasteiger charge is 2.14. The van der Waals surface area contributed by atoms with E-state index in [1.165, 1.54) is 12.0 Å². The molecule has 2 rings (SSSR count). The van der Waals surface area contributed by atoms with Crippen LogP contribution in [0.1, 0.15) is 12.0 Å². The minimum Gasteiger partial charge on any atom is -0.370 e. The molecule has 0 aliphatic carbocycles. The van der Waals surface area contributed by atoms with Gasteiger partial charge in [0.15, 0.2) is 5.96 Å². The minimum absolute atomic E-state index is 0.696. The molecule has 1 aromatic carbocycles. The Labute approximate surface area is 104 Å². The Morgan fingerprint density at radius 1 is 1.44 bits per heavy atom. The lowest BCUT2D eigenvalue weighted by Gasteiger charge is -2.31. The largest absolute Gasteiger partial charge is 0.370 e. The van der Waals surface area contributed by atoms with Crippen LogP contribution >= 0.6 is 15.9 Å². The molecule has 3 nitrogen and oxygen atoms in total. The second-order valence-corrected chi connectivity index (χ2v) is 4.88. The summed E-state index contributed by atoms with van der Waals surface area (Å²) in [5.41, 5.74) is 7.13. The van der Waals surface area contributed by atoms with E-state index in [4.69, 9.17) is 5.73 Å². The van der Waals surface area contributed by atoms with Gasteiger partial charge in [-0.05, 0) is 30.5 Å². The number of hydrogen-bond acceptors (Lipinski definition) is 1. The highest BCUT2D eigenvalue weighted by atomic mass is 79.9. The standard InChI is InChI=1S/C12H16BrN3/c13-11-4-1-3-10(9-11)5-6-15-12(14)16-7-2-8-16/h1,3-4,9H,2,5-8H2,(H2,14,15). The number of nitrogens with zero attached hydrogens (tertiary/aromatic N) is 2. The lowest BCUT2D eigenvalue weighted by molar-refractivity contribution is 0.296. The zero-order chi connectivity index (χ0) is 11.4. The van der Waals surface area contributed by atoms with Crippen LogP contribution in [0, 0.1) is 0 Å². The van der Waals surface area contributed by atoms with Gasteiger partial charge < -0.3 is 10.6 Å². The topological polar surface area (TPSA) is 41.6 Å². The van der Waals surface area contributed by atoms with E-state index in [1.807, 2.05) is 12.1 Å². The molecule has 1 aliphatic rings. The van der Waals surface area contributed by atoms with Gasteiger partial charge in [0.1, 0.15) is 0 Å². The van der Waals surface area contributed by atoms with Gasteiger partial charge in [0.25, 0.3) is 0 Å². The maximum absolute atomic E-state index is 5.84. The lowest BCUT2D eigenvalue weighted by atomic mass is 10.1. The number of aliphatic imine (C=N–C) groups is 1. The molecule has 0 atom stereocenters. The van der Waals surface area contributed by atoms with Gasteiger partial charge in [-0.3, -0.25) is 4.99 Å². The second kappa shape index (κ2) is 5.34. The van der Waals surface area contributed by atoms with Crippen molar-refractivity contribution in [1.29, 1.82) is 0 Å². The molecule has 1 aromatic rings. The Bertz CT molecular complexity index is 386. The number of halogens is 1. The predicted octanol–water partition coefficient (Wildman–Crippen LogP) is 2.01. The predicted molar refractivity (Wildman–Crippen MR) is 70.5 cm³/mol. The number of rotatable bonds is 3. The molecule has 0 radical (unpaired) electrons. The normalized spacial score (nSPS) is 16.1. The SMILES string of the molecule is NC(=NCCc1cccc(Br)c1)N1CCC1. The van der Waals surface area contributed by atoms with Gasteiger partial charge in [-0.15, -0.1) is 0 Å². The number of benzene rings is 1. The van der Waals surface area contributed by atoms with Gasteiger partial charge >= 0.3 is 0 Å². The molecule has 1 heterocycles. The van der Waals surface area contributed by atoms with Crippen LogP contribution in [0.2, 0.25) is 0 Å². The molecule has 1 fully saturated rings. The summed E-state index contributed by atoms with van der Waals surface area (Å²) in [5.74, 6) is 0.696. The fourth-order valence-electron chi connectivity index (χ4n) is 1.64. The first-order chi connectivity index (χ1) is 7.75. The van der Waals surface area contributed by atoms with Crippen LogP contribution in [0.15, 0.2) is 33.7 Å². The van der Waals surface area contributed by atoms with Crippen molar-refractivity contribution in [1.82, 2.24) is 4.90 Å².